The van der Waals surface area contributed by atoms with Gasteiger partial charge in [0.15, 0.2) is 0 Å². The van der Waals surface area contributed by atoms with E-state index in [-0.39, 0.29) is 5.91 Å². The maximum atomic E-state index is 10.7. The van der Waals surface area contributed by atoms with Crippen molar-refractivity contribution in [3.05, 3.63) is 29.3 Å². The van der Waals surface area contributed by atoms with Crippen molar-refractivity contribution in [1.29, 1.82) is 0 Å². The summed E-state index contributed by atoms with van der Waals surface area (Å²) in [7, 11) is 0. The standard InChI is InChI=1S/C13H19N3O/c1-9(17)15-6-7-16-13-5-2-10-8-11(14)3-4-12(10)13/h3-4,8,13,16H,2,5-7,14H2,1H3,(H,15,17). The summed E-state index contributed by atoms with van der Waals surface area (Å²) in [5, 5.41) is 6.24. The molecule has 0 spiro atoms. The van der Waals surface area contributed by atoms with Crippen LogP contribution < -0.4 is 16.4 Å². The highest BCUT2D eigenvalue weighted by Crippen LogP contribution is 2.31. The van der Waals surface area contributed by atoms with Crippen LogP contribution in [0.2, 0.25) is 0 Å². The van der Waals surface area contributed by atoms with Gasteiger partial charge in [0.2, 0.25) is 5.91 Å². The quantitative estimate of drug-likeness (QED) is 0.536. The molecule has 0 aliphatic heterocycles. The Hall–Kier alpha value is -1.55. The monoisotopic (exact) mass is 233 g/mol. The van der Waals surface area contributed by atoms with Gasteiger partial charge in [-0.3, -0.25) is 4.79 Å². The summed E-state index contributed by atoms with van der Waals surface area (Å²) in [5.41, 5.74) is 9.30. The van der Waals surface area contributed by atoms with Gasteiger partial charge in [0.05, 0.1) is 0 Å². The zero-order valence-corrected chi connectivity index (χ0v) is 10.1. The third-order valence-electron chi connectivity index (χ3n) is 3.13. The molecule has 2 rings (SSSR count). The summed E-state index contributed by atoms with van der Waals surface area (Å²) >= 11 is 0. The number of aryl methyl sites for hydroxylation is 1. The van der Waals surface area contributed by atoms with Gasteiger partial charge in [-0.25, -0.2) is 0 Å². The first-order valence-corrected chi connectivity index (χ1v) is 6.03. The molecule has 1 aromatic carbocycles. The second kappa shape index (κ2) is 5.19. The van der Waals surface area contributed by atoms with E-state index in [1.54, 1.807) is 0 Å². The number of carbonyl (C=O) groups excluding carboxylic acids is 1. The Labute approximate surface area is 102 Å². The molecule has 17 heavy (non-hydrogen) atoms. The lowest BCUT2D eigenvalue weighted by molar-refractivity contribution is -0.118. The van der Waals surface area contributed by atoms with Gasteiger partial charge in [0.25, 0.3) is 0 Å². The Kier molecular flexibility index (Phi) is 3.64. The van der Waals surface area contributed by atoms with Gasteiger partial charge in [-0.2, -0.15) is 0 Å². The summed E-state index contributed by atoms with van der Waals surface area (Å²) in [6, 6.07) is 6.52. The minimum absolute atomic E-state index is 0.0198. The van der Waals surface area contributed by atoms with Crippen molar-refractivity contribution >= 4 is 11.6 Å². The average molecular weight is 233 g/mol. The molecule has 0 fully saturated rings. The largest absolute Gasteiger partial charge is 0.399 e. The fourth-order valence-corrected chi connectivity index (χ4v) is 2.33. The van der Waals surface area contributed by atoms with Crippen LogP contribution >= 0.6 is 0 Å². The van der Waals surface area contributed by atoms with Crippen LogP contribution in [0.3, 0.4) is 0 Å². The first-order valence-electron chi connectivity index (χ1n) is 6.03. The summed E-state index contributed by atoms with van der Waals surface area (Å²) in [5.74, 6) is 0.0198. The fourth-order valence-electron chi connectivity index (χ4n) is 2.33. The second-order valence-electron chi connectivity index (χ2n) is 4.49. The highest BCUT2D eigenvalue weighted by Gasteiger charge is 2.21. The number of rotatable bonds is 4. The number of anilines is 1. The van der Waals surface area contributed by atoms with Gasteiger partial charge in [-0.1, -0.05) is 6.07 Å². The van der Waals surface area contributed by atoms with Crippen molar-refractivity contribution < 1.29 is 4.79 Å². The average Bonchev–Trinajstić information content (AvgIpc) is 2.66. The number of nitrogens with two attached hydrogens (primary N) is 1. The molecule has 0 saturated heterocycles. The fraction of sp³-hybridized carbons (Fsp3) is 0.462. The van der Waals surface area contributed by atoms with Crippen LogP contribution in [0.1, 0.15) is 30.5 Å². The predicted octanol–water partition coefficient (Wildman–Crippen LogP) is 0.982. The molecule has 4 nitrogen and oxygen atoms in total. The molecule has 4 heteroatoms. The molecule has 1 atom stereocenters. The molecule has 1 aliphatic carbocycles. The van der Waals surface area contributed by atoms with E-state index in [1.807, 2.05) is 6.07 Å². The number of hydrogen-bond donors (Lipinski definition) is 3. The van der Waals surface area contributed by atoms with Crippen LogP contribution in [-0.2, 0) is 11.2 Å². The van der Waals surface area contributed by atoms with Crippen LogP contribution in [0.5, 0.6) is 0 Å². The third-order valence-corrected chi connectivity index (χ3v) is 3.13. The summed E-state index contributed by atoms with van der Waals surface area (Å²) < 4.78 is 0. The van der Waals surface area contributed by atoms with Crippen molar-refractivity contribution in [2.24, 2.45) is 0 Å². The van der Waals surface area contributed by atoms with Gasteiger partial charge in [0, 0.05) is 31.7 Å². The lowest BCUT2D eigenvalue weighted by Gasteiger charge is -2.14. The SMILES string of the molecule is CC(=O)NCCNC1CCc2cc(N)ccc21. The number of nitrogens with one attached hydrogen (secondary N) is 2. The van der Waals surface area contributed by atoms with E-state index in [2.05, 4.69) is 22.8 Å². The first kappa shape index (κ1) is 11.9. The topological polar surface area (TPSA) is 67.2 Å². The Morgan fingerprint density at radius 2 is 2.29 bits per heavy atom. The van der Waals surface area contributed by atoms with Gasteiger partial charge in [-0.05, 0) is 36.1 Å². The molecule has 0 aromatic heterocycles. The van der Waals surface area contributed by atoms with Crippen LogP contribution in [0.4, 0.5) is 5.69 Å². The van der Waals surface area contributed by atoms with Crippen molar-refractivity contribution in [1.82, 2.24) is 10.6 Å². The highest BCUT2D eigenvalue weighted by atomic mass is 16.1. The minimum Gasteiger partial charge on any atom is -0.399 e. The van der Waals surface area contributed by atoms with Crippen molar-refractivity contribution in [3.63, 3.8) is 0 Å². The number of fused-ring (bicyclic) bond motifs is 1. The van der Waals surface area contributed by atoms with E-state index in [0.717, 1.165) is 25.1 Å². The van der Waals surface area contributed by atoms with E-state index < -0.39 is 0 Å². The van der Waals surface area contributed by atoms with Crippen LogP contribution in [0.15, 0.2) is 18.2 Å². The Morgan fingerprint density at radius 1 is 1.47 bits per heavy atom. The van der Waals surface area contributed by atoms with E-state index in [1.165, 1.54) is 18.1 Å². The van der Waals surface area contributed by atoms with Gasteiger partial charge >= 0.3 is 0 Å². The minimum atomic E-state index is 0.0198. The van der Waals surface area contributed by atoms with E-state index in [0.29, 0.717) is 12.6 Å². The maximum absolute atomic E-state index is 10.7. The Bertz CT molecular complexity index is 417. The zero-order chi connectivity index (χ0) is 12.3. The van der Waals surface area contributed by atoms with E-state index in [9.17, 15) is 4.79 Å². The normalized spacial score (nSPS) is 17.8. The smallest absolute Gasteiger partial charge is 0.216 e. The third kappa shape index (κ3) is 2.97. The molecule has 92 valence electrons. The van der Waals surface area contributed by atoms with Gasteiger partial charge in [-0.15, -0.1) is 0 Å². The molecule has 0 saturated carbocycles. The number of hydrogen-bond acceptors (Lipinski definition) is 3. The van der Waals surface area contributed by atoms with Crippen LogP contribution in [-0.4, -0.2) is 19.0 Å². The van der Waals surface area contributed by atoms with Gasteiger partial charge in [0.1, 0.15) is 0 Å². The molecular formula is C13H19N3O. The summed E-state index contributed by atoms with van der Waals surface area (Å²) in [6.45, 7) is 3.01. The van der Waals surface area contributed by atoms with Crippen LogP contribution in [0.25, 0.3) is 0 Å². The van der Waals surface area contributed by atoms with Gasteiger partial charge < -0.3 is 16.4 Å². The van der Waals surface area contributed by atoms with Crippen molar-refractivity contribution in [2.75, 3.05) is 18.8 Å². The zero-order valence-electron chi connectivity index (χ0n) is 10.1. The lowest BCUT2D eigenvalue weighted by atomic mass is 10.1. The molecule has 4 N–H and O–H groups in total. The molecule has 1 aliphatic rings. The highest BCUT2D eigenvalue weighted by molar-refractivity contribution is 5.72. The molecule has 0 radical (unpaired) electrons. The predicted molar refractivity (Wildman–Crippen MR) is 68.6 cm³/mol. The lowest BCUT2D eigenvalue weighted by Crippen LogP contribution is -2.31. The van der Waals surface area contributed by atoms with E-state index in [4.69, 9.17) is 5.73 Å². The molecule has 0 bridgehead atoms. The molecule has 1 aromatic rings. The Morgan fingerprint density at radius 3 is 3.06 bits per heavy atom. The van der Waals surface area contributed by atoms with Crippen molar-refractivity contribution in [3.8, 4) is 0 Å². The van der Waals surface area contributed by atoms with Crippen LogP contribution in [0, 0.1) is 0 Å². The summed E-state index contributed by atoms with van der Waals surface area (Å²) in [6.07, 6.45) is 2.19. The number of amides is 1. The second-order valence-corrected chi connectivity index (χ2v) is 4.49. The number of carbonyl (C=O) groups is 1. The molecular weight excluding hydrogens is 214 g/mol. The molecule has 1 amide bonds. The van der Waals surface area contributed by atoms with E-state index >= 15 is 0 Å². The molecule has 1 unspecified atom stereocenters. The Balaban J connectivity index is 1.87. The number of benzene rings is 1. The summed E-state index contributed by atoms with van der Waals surface area (Å²) in [4.78, 5) is 10.7. The molecule has 0 heterocycles. The first-order chi connectivity index (χ1) is 8.16. The maximum Gasteiger partial charge on any atom is 0.216 e. The van der Waals surface area contributed by atoms with Crippen molar-refractivity contribution in [2.45, 2.75) is 25.8 Å². The number of nitrogen functional groups attached to an aromatic ring is 1.